The van der Waals surface area contributed by atoms with Crippen LogP contribution < -0.4 is 10.2 Å². The van der Waals surface area contributed by atoms with Crippen LogP contribution in [0.2, 0.25) is 5.02 Å². The van der Waals surface area contributed by atoms with Gasteiger partial charge in [0.05, 0.1) is 33.3 Å². The third kappa shape index (κ3) is 6.33. The molecule has 7 nitrogen and oxygen atoms in total. The number of alkyl halides is 6. The Bertz CT molecular complexity index is 1730. The SMILES string of the molecule is O=C(Nc1nc(-c2cccc(C(F)(F)F)c2F)cs1)c1cnc(N2C[C@@H](C(=O)O)[C@H](c3ccc(C(F)(F)F)cc3)C2)c(Cl)c1. The van der Waals surface area contributed by atoms with Crippen LogP contribution in [0.15, 0.2) is 60.1 Å². The molecule has 1 amide bonds. The molecule has 1 aliphatic heterocycles. The lowest BCUT2D eigenvalue weighted by atomic mass is 9.88. The highest BCUT2D eigenvalue weighted by Crippen LogP contribution is 2.39. The molecule has 2 aromatic carbocycles. The molecule has 2 aromatic heterocycles. The molecule has 1 fully saturated rings. The molecule has 0 saturated carbocycles. The molecular formula is C28H18ClF7N4O3S. The van der Waals surface area contributed by atoms with E-state index in [0.29, 0.717) is 11.6 Å². The van der Waals surface area contributed by atoms with Crippen molar-refractivity contribution in [3.8, 4) is 11.3 Å². The molecule has 3 heterocycles. The van der Waals surface area contributed by atoms with Crippen LogP contribution >= 0.6 is 22.9 Å². The summed E-state index contributed by atoms with van der Waals surface area (Å²) < 4.78 is 92.6. The quantitative estimate of drug-likeness (QED) is 0.207. The predicted octanol–water partition coefficient (Wildman–Crippen LogP) is 7.59. The van der Waals surface area contributed by atoms with Gasteiger partial charge in [-0.25, -0.2) is 14.4 Å². The van der Waals surface area contributed by atoms with Gasteiger partial charge in [0.15, 0.2) is 5.13 Å². The Morgan fingerprint density at radius 2 is 1.73 bits per heavy atom. The smallest absolute Gasteiger partial charge is 0.419 e. The number of aromatic nitrogens is 2. The maximum atomic E-state index is 14.5. The van der Waals surface area contributed by atoms with Crippen LogP contribution in [0.1, 0.15) is 33.0 Å². The number of pyridine rings is 1. The van der Waals surface area contributed by atoms with Crippen molar-refractivity contribution < 1.29 is 45.4 Å². The second kappa shape index (κ2) is 11.7. The van der Waals surface area contributed by atoms with Gasteiger partial charge < -0.3 is 10.0 Å². The van der Waals surface area contributed by atoms with Gasteiger partial charge in [0.2, 0.25) is 0 Å². The van der Waals surface area contributed by atoms with Crippen LogP contribution in [0, 0.1) is 11.7 Å². The third-order valence-corrected chi connectivity index (χ3v) is 8.03. The van der Waals surface area contributed by atoms with E-state index in [2.05, 4.69) is 15.3 Å². The van der Waals surface area contributed by atoms with Gasteiger partial charge in [0, 0.05) is 36.1 Å². The highest BCUT2D eigenvalue weighted by atomic mass is 35.5. The number of carboxylic acids is 1. The zero-order valence-electron chi connectivity index (χ0n) is 21.9. The van der Waals surface area contributed by atoms with Crippen molar-refractivity contribution in [2.24, 2.45) is 5.92 Å². The minimum atomic E-state index is -4.90. The van der Waals surface area contributed by atoms with Crippen LogP contribution in [-0.4, -0.2) is 40.0 Å². The molecule has 0 spiro atoms. The number of carbonyl (C=O) groups is 2. The van der Waals surface area contributed by atoms with E-state index < -0.39 is 58.6 Å². The molecule has 2 N–H and O–H groups in total. The van der Waals surface area contributed by atoms with Crippen LogP contribution in [0.4, 0.5) is 41.7 Å². The Labute approximate surface area is 252 Å². The number of hydrogen-bond donors (Lipinski definition) is 2. The molecule has 5 rings (SSSR count). The second-order valence-electron chi connectivity index (χ2n) is 9.76. The van der Waals surface area contributed by atoms with E-state index in [1.54, 1.807) is 4.90 Å². The number of anilines is 2. The van der Waals surface area contributed by atoms with Crippen LogP contribution in [0.5, 0.6) is 0 Å². The van der Waals surface area contributed by atoms with Gasteiger partial charge in [-0.2, -0.15) is 26.3 Å². The van der Waals surface area contributed by atoms with Crippen molar-refractivity contribution in [1.29, 1.82) is 0 Å². The maximum absolute atomic E-state index is 14.5. The Morgan fingerprint density at radius 3 is 2.34 bits per heavy atom. The minimum absolute atomic E-state index is 0.0132. The molecule has 44 heavy (non-hydrogen) atoms. The number of thiazole rings is 1. The van der Waals surface area contributed by atoms with Crippen molar-refractivity contribution in [2.75, 3.05) is 23.3 Å². The average Bonchev–Trinajstić information content (AvgIpc) is 3.60. The fraction of sp³-hybridized carbons (Fsp3) is 0.214. The maximum Gasteiger partial charge on any atom is 0.419 e. The van der Waals surface area contributed by atoms with Crippen LogP contribution in [0.3, 0.4) is 0 Å². The van der Waals surface area contributed by atoms with E-state index in [0.717, 1.165) is 35.6 Å². The van der Waals surface area contributed by atoms with E-state index in [9.17, 15) is 45.4 Å². The Kier molecular flexibility index (Phi) is 8.29. The number of aliphatic carboxylic acids is 1. The number of nitrogens with zero attached hydrogens (tertiary/aromatic N) is 3. The van der Waals surface area contributed by atoms with E-state index >= 15 is 0 Å². The van der Waals surface area contributed by atoms with Crippen molar-refractivity contribution in [2.45, 2.75) is 18.3 Å². The van der Waals surface area contributed by atoms with Gasteiger partial charge in [0.1, 0.15) is 11.6 Å². The van der Waals surface area contributed by atoms with Gasteiger partial charge in [-0.15, -0.1) is 11.3 Å². The van der Waals surface area contributed by atoms with E-state index in [1.165, 1.54) is 29.8 Å². The van der Waals surface area contributed by atoms with Gasteiger partial charge in [-0.1, -0.05) is 29.8 Å². The Hall–Kier alpha value is -4.24. The number of rotatable bonds is 6. The Morgan fingerprint density at radius 1 is 1.02 bits per heavy atom. The van der Waals surface area contributed by atoms with Gasteiger partial charge in [-0.05, 0) is 35.9 Å². The van der Waals surface area contributed by atoms with Crippen molar-refractivity contribution in [3.63, 3.8) is 0 Å². The third-order valence-electron chi connectivity index (χ3n) is 6.99. The van der Waals surface area contributed by atoms with Crippen molar-refractivity contribution >= 4 is 45.8 Å². The molecule has 0 aliphatic carbocycles. The molecule has 1 saturated heterocycles. The summed E-state index contributed by atoms with van der Waals surface area (Å²) >= 11 is 7.25. The predicted molar refractivity (Wildman–Crippen MR) is 147 cm³/mol. The van der Waals surface area contributed by atoms with Crippen LogP contribution in [-0.2, 0) is 17.1 Å². The fourth-order valence-electron chi connectivity index (χ4n) is 4.84. The first-order valence-electron chi connectivity index (χ1n) is 12.6. The monoisotopic (exact) mass is 658 g/mol. The zero-order valence-corrected chi connectivity index (χ0v) is 23.5. The summed E-state index contributed by atoms with van der Waals surface area (Å²) in [5, 5.41) is 13.4. The molecule has 0 unspecified atom stereocenters. The zero-order chi connectivity index (χ0) is 32.0. The topological polar surface area (TPSA) is 95.4 Å². The number of carbonyl (C=O) groups excluding carboxylic acids is 1. The lowest BCUT2D eigenvalue weighted by molar-refractivity contribution is -0.142. The largest absolute Gasteiger partial charge is 0.481 e. The van der Waals surface area contributed by atoms with E-state index in [1.807, 2.05) is 0 Å². The molecular weight excluding hydrogens is 641 g/mol. The Balaban J connectivity index is 1.31. The van der Waals surface area contributed by atoms with Gasteiger partial charge >= 0.3 is 18.3 Å². The number of carboxylic acid groups (broad SMARTS) is 1. The summed E-state index contributed by atoms with van der Waals surface area (Å²) in [4.78, 5) is 34.6. The first-order chi connectivity index (χ1) is 20.6. The van der Waals surface area contributed by atoms with Crippen molar-refractivity contribution in [3.05, 3.63) is 93.2 Å². The van der Waals surface area contributed by atoms with Crippen molar-refractivity contribution in [1.82, 2.24) is 9.97 Å². The number of benzene rings is 2. The molecule has 16 heteroatoms. The number of amides is 1. The number of halogens is 8. The van der Waals surface area contributed by atoms with Gasteiger partial charge in [-0.3, -0.25) is 14.9 Å². The summed E-state index contributed by atoms with van der Waals surface area (Å²) in [6.07, 6.45) is -8.28. The van der Waals surface area contributed by atoms with E-state index in [4.69, 9.17) is 11.6 Å². The van der Waals surface area contributed by atoms with Gasteiger partial charge in [0.25, 0.3) is 5.91 Å². The fourth-order valence-corrected chi connectivity index (χ4v) is 5.84. The van der Waals surface area contributed by atoms with E-state index in [-0.39, 0.29) is 40.3 Å². The lowest BCUT2D eigenvalue weighted by Crippen LogP contribution is -2.24. The summed E-state index contributed by atoms with van der Waals surface area (Å²) in [5.41, 5.74) is -2.47. The summed E-state index contributed by atoms with van der Waals surface area (Å²) in [5.74, 6) is -4.88. The molecule has 2 atom stereocenters. The minimum Gasteiger partial charge on any atom is -0.481 e. The summed E-state index contributed by atoms with van der Waals surface area (Å²) in [6, 6.07) is 8.28. The molecule has 0 bridgehead atoms. The highest BCUT2D eigenvalue weighted by Gasteiger charge is 2.40. The molecule has 0 radical (unpaired) electrons. The van der Waals surface area contributed by atoms with Crippen LogP contribution in [0.25, 0.3) is 11.3 Å². The standard InChI is InChI=1S/C28H18ClF7N4O3S/c29-20-8-14(24(41)39-26-38-21(12-44-26)16-2-1-3-19(22(16)30)28(34,35)36)9-37-23(20)40-10-17(18(11-40)25(42)43)13-4-6-15(7-5-13)27(31,32)33/h1-9,12,17-18H,10-11H2,(H,42,43)(H,38,39,41)/t17-,18+/m0/s1. The second-order valence-corrected chi connectivity index (χ2v) is 11.0. The lowest BCUT2D eigenvalue weighted by Gasteiger charge is -2.19. The summed E-state index contributed by atoms with van der Waals surface area (Å²) in [6.45, 7) is 0.0296. The number of nitrogens with one attached hydrogen (secondary N) is 1. The molecule has 230 valence electrons. The molecule has 1 aliphatic rings. The highest BCUT2D eigenvalue weighted by molar-refractivity contribution is 7.14. The number of hydrogen-bond acceptors (Lipinski definition) is 6. The summed E-state index contributed by atoms with van der Waals surface area (Å²) in [7, 11) is 0. The first kappa shape index (κ1) is 31.2. The normalized spacial score (nSPS) is 17.1. The average molecular weight is 659 g/mol. The first-order valence-corrected chi connectivity index (χ1v) is 13.8. The molecule has 4 aromatic rings.